The van der Waals surface area contributed by atoms with Gasteiger partial charge in [-0.3, -0.25) is 4.79 Å². The normalized spacial score (nSPS) is 11.7. The van der Waals surface area contributed by atoms with Crippen molar-refractivity contribution in [2.45, 2.75) is 39.7 Å². The third-order valence-electron chi connectivity index (χ3n) is 4.11. The molecule has 0 aliphatic heterocycles. The Kier molecular flexibility index (Phi) is 4.14. The summed E-state index contributed by atoms with van der Waals surface area (Å²) in [4.78, 5) is 16.8. The van der Waals surface area contributed by atoms with E-state index in [0.717, 1.165) is 11.3 Å². The summed E-state index contributed by atoms with van der Waals surface area (Å²) in [7, 11) is 0. The number of nitrogens with one attached hydrogen (secondary N) is 1. The number of hydrogen-bond donors (Lipinski definition) is 1. The number of rotatable bonds is 3. The van der Waals surface area contributed by atoms with E-state index in [0.29, 0.717) is 12.1 Å². The number of hydrogen-bond acceptors (Lipinski definition) is 2. The monoisotopic (exact) mass is 321 g/mol. The molecular formula is C20H23N3O. The van der Waals surface area contributed by atoms with E-state index in [1.807, 2.05) is 60.1 Å². The molecular weight excluding hydrogens is 298 g/mol. The molecule has 0 unspecified atom stereocenters. The number of fused-ring (bicyclic) bond motifs is 1. The Bertz CT molecular complexity index is 870. The Morgan fingerprint density at radius 1 is 1.17 bits per heavy atom. The van der Waals surface area contributed by atoms with Crippen molar-refractivity contribution in [1.29, 1.82) is 0 Å². The van der Waals surface area contributed by atoms with Gasteiger partial charge < -0.3 is 9.72 Å². The van der Waals surface area contributed by atoms with E-state index < -0.39 is 0 Å². The molecule has 0 spiro atoms. The smallest absolute Gasteiger partial charge is 0.251 e. The van der Waals surface area contributed by atoms with Gasteiger partial charge in [-0.2, -0.15) is 0 Å². The Morgan fingerprint density at radius 2 is 1.88 bits per heavy atom. The van der Waals surface area contributed by atoms with Crippen molar-refractivity contribution in [3.8, 4) is 0 Å². The average Bonchev–Trinajstić information content (AvgIpc) is 2.94. The number of imidazole rings is 1. The van der Waals surface area contributed by atoms with Crippen LogP contribution in [0.1, 0.15) is 48.0 Å². The number of carbonyl (C=O) groups is 1. The molecule has 2 heterocycles. The highest BCUT2D eigenvalue weighted by molar-refractivity contribution is 5.94. The molecule has 0 atom stereocenters. The quantitative estimate of drug-likeness (QED) is 0.796. The largest absolute Gasteiger partial charge is 0.346 e. The summed E-state index contributed by atoms with van der Waals surface area (Å²) in [5.74, 6) is -0.0799. The van der Waals surface area contributed by atoms with Gasteiger partial charge in [0.15, 0.2) is 0 Å². The van der Waals surface area contributed by atoms with Gasteiger partial charge in [-0.15, -0.1) is 0 Å². The van der Waals surface area contributed by atoms with Crippen LogP contribution in [0, 0.1) is 6.92 Å². The fourth-order valence-electron chi connectivity index (χ4n) is 2.62. The standard InChI is InChI=1S/C20H23N3O/c1-14-9-10-23-13-17(22-18(23)11-14)12-21-19(24)15-5-7-16(8-6-15)20(2,3)4/h5-11,13H,12H2,1-4H3,(H,21,24). The van der Waals surface area contributed by atoms with Crippen molar-refractivity contribution >= 4 is 11.6 Å². The minimum Gasteiger partial charge on any atom is -0.346 e. The van der Waals surface area contributed by atoms with Gasteiger partial charge in [0.05, 0.1) is 12.2 Å². The molecule has 1 N–H and O–H groups in total. The minimum atomic E-state index is -0.0799. The fraction of sp³-hybridized carbons (Fsp3) is 0.300. The molecule has 24 heavy (non-hydrogen) atoms. The molecule has 3 rings (SSSR count). The van der Waals surface area contributed by atoms with Crippen molar-refractivity contribution < 1.29 is 4.79 Å². The summed E-state index contributed by atoms with van der Waals surface area (Å²) >= 11 is 0. The van der Waals surface area contributed by atoms with Gasteiger partial charge in [0, 0.05) is 18.0 Å². The molecule has 0 fully saturated rings. The summed E-state index contributed by atoms with van der Waals surface area (Å²) in [5, 5.41) is 2.93. The Balaban J connectivity index is 1.68. The molecule has 4 nitrogen and oxygen atoms in total. The molecule has 0 radical (unpaired) electrons. The van der Waals surface area contributed by atoms with Gasteiger partial charge in [-0.25, -0.2) is 4.98 Å². The number of aryl methyl sites for hydroxylation is 1. The van der Waals surface area contributed by atoms with Crippen molar-refractivity contribution in [3.63, 3.8) is 0 Å². The predicted molar refractivity (Wildman–Crippen MR) is 96.2 cm³/mol. The van der Waals surface area contributed by atoms with Crippen LogP contribution >= 0.6 is 0 Å². The topological polar surface area (TPSA) is 46.4 Å². The number of pyridine rings is 1. The molecule has 0 saturated heterocycles. The first-order chi connectivity index (χ1) is 11.3. The highest BCUT2D eigenvalue weighted by Gasteiger charge is 2.14. The zero-order valence-corrected chi connectivity index (χ0v) is 14.6. The van der Waals surface area contributed by atoms with Gasteiger partial charge >= 0.3 is 0 Å². The van der Waals surface area contributed by atoms with E-state index in [1.54, 1.807) is 0 Å². The molecule has 1 aromatic carbocycles. The van der Waals surface area contributed by atoms with Gasteiger partial charge in [0.1, 0.15) is 5.65 Å². The van der Waals surface area contributed by atoms with Gasteiger partial charge in [-0.1, -0.05) is 32.9 Å². The van der Waals surface area contributed by atoms with E-state index in [4.69, 9.17) is 0 Å². The molecule has 0 saturated carbocycles. The first kappa shape index (κ1) is 16.2. The molecule has 3 aromatic rings. The second-order valence-corrected chi connectivity index (χ2v) is 7.21. The van der Waals surface area contributed by atoms with E-state index >= 15 is 0 Å². The van der Waals surface area contributed by atoms with Crippen LogP contribution < -0.4 is 5.32 Å². The lowest BCUT2D eigenvalue weighted by atomic mass is 9.87. The minimum absolute atomic E-state index is 0.0799. The Labute approximate surface area is 142 Å². The molecule has 1 amide bonds. The zero-order chi connectivity index (χ0) is 17.3. The lowest BCUT2D eigenvalue weighted by molar-refractivity contribution is 0.0950. The van der Waals surface area contributed by atoms with Gasteiger partial charge in [0.2, 0.25) is 0 Å². The lowest BCUT2D eigenvalue weighted by Crippen LogP contribution is -2.23. The van der Waals surface area contributed by atoms with Crippen LogP contribution in [0.15, 0.2) is 48.8 Å². The van der Waals surface area contributed by atoms with Crippen molar-refractivity contribution in [2.24, 2.45) is 0 Å². The van der Waals surface area contributed by atoms with Crippen LogP contribution in [-0.2, 0) is 12.0 Å². The molecule has 2 aromatic heterocycles. The zero-order valence-electron chi connectivity index (χ0n) is 14.6. The van der Waals surface area contributed by atoms with Gasteiger partial charge in [0.25, 0.3) is 5.91 Å². The molecule has 0 aliphatic carbocycles. The highest BCUT2D eigenvalue weighted by atomic mass is 16.1. The number of carbonyl (C=O) groups excluding carboxylic acids is 1. The van der Waals surface area contributed by atoms with Crippen LogP contribution in [0.4, 0.5) is 0 Å². The molecule has 0 bridgehead atoms. The summed E-state index contributed by atoms with van der Waals surface area (Å²) in [5.41, 5.74) is 4.89. The number of nitrogens with zero attached hydrogens (tertiary/aromatic N) is 2. The summed E-state index contributed by atoms with van der Waals surface area (Å²) < 4.78 is 1.96. The summed E-state index contributed by atoms with van der Waals surface area (Å²) in [6.07, 6.45) is 3.92. The second kappa shape index (κ2) is 6.11. The maximum Gasteiger partial charge on any atom is 0.251 e. The van der Waals surface area contributed by atoms with Crippen LogP contribution in [0.5, 0.6) is 0 Å². The third-order valence-corrected chi connectivity index (χ3v) is 4.11. The maximum absolute atomic E-state index is 12.3. The Hall–Kier alpha value is -2.62. The van der Waals surface area contributed by atoms with Crippen molar-refractivity contribution in [1.82, 2.24) is 14.7 Å². The van der Waals surface area contributed by atoms with Crippen LogP contribution in [0.3, 0.4) is 0 Å². The van der Waals surface area contributed by atoms with Gasteiger partial charge in [-0.05, 0) is 47.7 Å². The van der Waals surface area contributed by atoms with Crippen molar-refractivity contribution in [3.05, 3.63) is 71.2 Å². The van der Waals surface area contributed by atoms with E-state index in [2.05, 4.69) is 31.1 Å². The third kappa shape index (κ3) is 3.48. The van der Waals surface area contributed by atoms with Crippen LogP contribution in [0.25, 0.3) is 5.65 Å². The first-order valence-corrected chi connectivity index (χ1v) is 8.16. The average molecular weight is 321 g/mol. The second-order valence-electron chi connectivity index (χ2n) is 7.21. The predicted octanol–water partition coefficient (Wildman–Crippen LogP) is 3.87. The number of aromatic nitrogens is 2. The maximum atomic E-state index is 12.3. The molecule has 4 heteroatoms. The van der Waals surface area contributed by atoms with E-state index in [9.17, 15) is 4.79 Å². The first-order valence-electron chi connectivity index (χ1n) is 8.16. The van der Waals surface area contributed by atoms with Crippen LogP contribution in [0.2, 0.25) is 0 Å². The number of benzene rings is 1. The molecule has 124 valence electrons. The number of amides is 1. The molecule has 0 aliphatic rings. The fourth-order valence-corrected chi connectivity index (χ4v) is 2.62. The van der Waals surface area contributed by atoms with E-state index in [1.165, 1.54) is 11.1 Å². The summed E-state index contributed by atoms with van der Waals surface area (Å²) in [6, 6.07) is 11.8. The SMILES string of the molecule is Cc1ccn2cc(CNC(=O)c3ccc(C(C)(C)C)cc3)nc2c1. The highest BCUT2D eigenvalue weighted by Crippen LogP contribution is 2.22. The van der Waals surface area contributed by atoms with Crippen LogP contribution in [-0.4, -0.2) is 15.3 Å². The van der Waals surface area contributed by atoms with E-state index in [-0.39, 0.29) is 11.3 Å². The van der Waals surface area contributed by atoms with Crippen molar-refractivity contribution in [2.75, 3.05) is 0 Å². The Morgan fingerprint density at radius 3 is 2.54 bits per heavy atom. The lowest BCUT2D eigenvalue weighted by Gasteiger charge is -2.19. The summed E-state index contributed by atoms with van der Waals surface area (Å²) in [6.45, 7) is 8.94.